The standard InChI is InChI=1S/C17H25NO/c1-15-5-12-6-16(2,9-15)11-17(7-12,10-15)14(18)13-3-4-19-8-13/h3-4,8,12,14H,5-7,9-11,18H2,1-2H3. The molecule has 1 heterocycles. The van der Waals surface area contributed by atoms with Crippen molar-refractivity contribution < 1.29 is 4.42 Å². The average molecular weight is 259 g/mol. The third kappa shape index (κ3) is 1.65. The molecule has 104 valence electrons. The van der Waals surface area contributed by atoms with Crippen LogP contribution in [-0.2, 0) is 0 Å². The highest BCUT2D eigenvalue weighted by Gasteiger charge is 2.61. The first-order valence-electron chi connectivity index (χ1n) is 7.70. The van der Waals surface area contributed by atoms with Gasteiger partial charge in [-0.25, -0.2) is 0 Å². The zero-order valence-electron chi connectivity index (χ0n) is 12.1. The molecule has 1 aromatic heterocycles. The Bertz CT molecular complexity index is 473. The third-order valence-electron chi connectivity index (χ3n) is 6.23. The predicted octanol–water partition coefficient (Wildman–Crippen LogP) is 4.28. The van der Waals surface area contributed by atoms with E-state index >= 15 is 0 Å². The molecule has 1 aromatic rings. The summed E-state index contributed by atoms with van der Waals surface area (Å²) in [4.78, 5) is 0. The van der Waals surface area contributed by atoms with E-state index in [9.17, 15) is 0 Å². The first kappa shape index (κ1) is 12.0. The molecule has 0 saturated heterocycles. The van der Waals surface area contributed by atoms with Gasteiger partial charge in [-0.05, 0) is 66.8 Å². The minimum atomic E-state index is 0.160. The number of hydrogen-bond acceptors (Lipinski definition) is 2. The van der Waals surface area contributed by atoms with Crippen LogP contribution in [0.4, 0.5) is 0 Å². The van der Waals surface area contributed by atoms with Crippen LogP contribution in [-0.4, -0.2) is 0 Å². The Morgan fingerprint density at radius 3 is 2.37 bits per heavy atom. The summed E-state index contributed by atoms with van der Waals surface area (Å²) >= 11 is 0. The van der Waals surface area contributed by atoms with Crippen molar-refractivity contribution in [1.82, 2.24) is 0 Å². The zero-order chi connectivity index (χ0) is 13.3. The largest absolute Gasteiger partial charge is 0.472 e. The fourth-order valence-electron chi connectivity index (χ4n) is 6.69. The van der Waals surface area contributed by atoms with E-state index in [1.165, 1.54) is 44.1 Å². The van der Waals surface area contributed by atoms with Crippen LogP contribution in [0.5, 0.6) is 0 Å². The van der Waals surface area contributed by atoms with E-state index < -0.39 is 0 Å². The summed E-state index contributed by atoms with van der Waals surface area (Å²) in [6.45, 7) is 5.01. The second kappa shape index (κ2) is 3.46. The molecule has 2 nitrogen and oxygen atoms in total. The summed E-state index contributed by atoms with van der Waals surface area (Å²) < 4.78 is 5.27. The maximum absolute atomic E-state index is 6.70. The number of hydrogen-bond donors (Lipinski definition) is 1. The Kier molecular flexibility index (Phi) is 2.19. The summed E-state index contributed by atoms with van der Waals surface area (Å²) in [7, 11) is 0. The number of rotatable bonds is 2. The second-order valence-corrected chi connectivity index (χ2v) is 8.53. The van der Waals surface area contributed by atoms with E-state index in [1.807, 2.05) is 6.26 Å². The monoisotopic (exact) mass is 259 g/mol. The van der Waals surface area contributed by atoms with Gasteiger partial charge in [-0.1, -0.05) is 13.8 Å². The highest BCUT2D eigenvalue weighted by Crippen LogP contribution is 2.71. The van der Waals surface area contributed by atoms with Crippen molar-refractivity contribution >= 4 is 0 Å². The number of nitrogens with two attached hydrogens (primary N) is 1. The summed E-state index contributed by atoms with van der Waals surface area (Å²) in [5, 5.41) is 0. The molecule has 4 fully saturated rings. The fourth-order valence-corrected chi connectivity index (χ4v) is 6.69. The Hall–Kier alpha value is -0.760. The van der Waals surface area contributed by atoms with Crippen molar-refractivity contribution in [1.29, 1.82) is 0 Å². The second-order valence-electron chi connectivity index (χ2n) is 8.53. The lowest BCUT2D eigenvalue weighted by Crippen LogP contribution is -2.58. The minimum Gasteiger partial charge on any atom is -0.472 e. The minimum absolute atomic E-state index is 0.160. The van der Waals surface area contributed by atoms with Crippen LogP contribution in [0.25, 0.3) is 0 Å². The van der Waals surface area contributed by atoms with Crippen LogP contribution in [0.2, 0.25) is 0 Å². The molecule has 19 heavy (non-hydrogen) atoms. The van der Waals surface area contributed by atoms with Gasteiger partial charge in [0.25, 0.3) is 0 Å². The lowest BCUT2D eigenvalue weighted by atomic mass is 9.39. The highest BCUT2D eigenvalue weighted by atomic mass is 16.3. The Morgan fingerprint density at radius 2 is 1.84 bits per heavy atom. The Labute approximate surface area is 115 Å². The van der Waals surface area contributed by atoms with Crippen molar-refractivity contribution in [2.24, 2.45) is 27.9 Å². The van der Waals surface area contributed by atoms with Gasteiger partial charge >= 0.3 is 0 Å². The summed E-state index contributed by atoms with van der Waals surface area (Å²) in [6, 6.07) is 2.22. The van der Waals surface area contributed by atoms with Gasteiger partial charge in [0.1, 0.15) is 0 Å². The fraction of sp³-hybridized carbons (Fsp3) is 0.765. The molecule has 2 N–H and O–H groups in total. The van der Waals surface area contributed by atoms with Gasteiger partial charge in [-0.2, -0.15) is 0 Å². The molecular weight excluding hydrogens is 234 g/mol. The molecule has 3 unspecified atom stereocenters. The van der Waals surface area contributed by atoms with E-state index in [2.05, 4.69) is 19.9 Å². The molecule has 0 amide bonds. The summed E-state index contributed by atoms with van der Waals surface area (Å²) in [6.07, 6.45) is 11.9. The molecule has 4 saturated carbocycles. The molecular formula is C17H25NO. The average Bonchev–Trinajstić information content (AvgIpc) is 2.75. The van der Waals surface area contributed by atoms with E-state index in [-0.39, 0.29) is 6.04 Å². The van der Waals surface area contributed by atoms with E-state index in [0.29, 0.717) is 16.2 Å². The van der Waals surface area contributed by atoms with Gasteiger partial charge in [0.2, 0.25) is 0 Å². The van der Waals surface area contributed by atoms with Crippen LogP contribution < -0.4 is 5.73 Å². The molecule has 4 aliphatic carbocycles. The maximum atomic E-state index is 6.70. The Balaban J connectivity index is 1.75. The molecule has 0 spiro atoms. The van der Waals surface area contributed by atoms with Crippen molar-refractivity contribution in [2.75, 3.05) is 0 Å². The topological polar surface area (TPSA) is 39.2 Å². The lowest BCUT2D eigenvalue weighted by molar-refractivity contribution is -0.154. The maximum Gasteiger partial charge on any atom is 0.0950 e. The summed E-state index contributed by atoms with van der Waals surface area (Å²) in [5.41, 5.74) is 9.30. The van der Waals surface area contributed by atoms with Crippen LogP contribution in [0.3, 0.4) is 0 Å². The van der Waals surface area contributed by atoms with Crippen LogP contribution in [0, 0.1) is 22.2 Å². The molecule has 0 aliphatic heterocycles. The van der Waals surface area contributed by atoms with Crippen LogP contribution in [0.15, 0.2) is 23.0 Å². The molecule has 5 rings (SSSR count). The quantitative estimate of drug-likeness (QED) is 0.861. The van der Waals surface area contributed by atoms with Crippen LogP contribution in [0.1, 0.15) is 64.0 Å². The first-order chi connectivity index (χ1) is 8.92. The first-order valence-corrected chi connectivity index (χ1v) is 7.70. The molecule has 4 aliphatic rings. The van der Waals surface area contributed by atoms with Gasteiger partial charge < -0.3 is 10.2 Å². The van der Waals surface area contributed by atoms with E-state index in [1.54, 1.807) is 6.26 Å². The van der Waals surface area contributed by atoms with Gasteiger partial charge in [0.15, 0.2) is 0 Å². The molecule has 2 heteroatoms. The SMILES string of the molecule is CC12CC3CC(C)(C1)CC(C(N)c1ccoc1)(C3)C2. The normalized spacial score (nSPS) is 49.5. The van der Waals surface area contributed by atoms with E-state index in [4.69, 9.17) is 10.2 Å². The van der Waals surface area contributed by atoms with Crippen LogP contribution >= 0.6 is 0 Å². The zero-order valence-corrected chi connectivity index (χ0v) is 12.1. The van der Waals surface area contributed by atoms with E-state index in [0.717, 1.165) is 5.92 Å². The highest BCUT2D eigenvalue weighted by molar-refractivity contribution is 5.21. The molecule has 0 radical (unpaired) electrons. The van der Waals surface area contributed by atoms with Gasteiger partial charge in [0.05, 0.1) is 12.5 Å². The van der Waals surface area contributed by atoms with Crippen molar-refractivity contribution in [2.45, 2.75) is 58.4 Å². The van der Waals surface area contributed by atoms with Crippen molar-refractivity contribution in [3.05, 3.63) is 24.2 Å². The van der Waals surface area contributed by atoms with Gasteiger partial charge in [0, 0.05) is 11.6 Å². The van der Waals surface area contributed by atoms with Crippen molar-refractivity contribution in [3.63, 3.8) is 0 Å². The number of furan rings is 1. The Morgan fingerprint density at radius 1 is 1.16 bits per heavy atom. The lowest BCUT2D eigenvalue weighted by Gasteiger charge is -2.66. The molecule has 3 atom stereocenters. The molecule has 0 aromatic carbocycles. The van der Waals surface area contributed by atoms with Gasteiger partial charge in [-0.3, -0.25) is 0 Å². The van der Waals surface area contributed by atoms with Crippen molar-refractivity contribution in [3.8, 4) is 0 Å². The predicted molar refractivity (Wildman–Crippen MR) is 75.5 cm³/mol. The third-order valence-corrected chi connectivity index (χ3v) is 6.23. The summed E-state index contributed by atoms with van der Waals surface area (Å²) in [5.74, 6) is 0.907. The smallest absolute Gasteiger partial charge is 0.0950 e. The van der Waals surface area contributed by atoms with Gasteiger partial charge in [-0.15, -0.1) is 0 Å². The molecule has 4 bridgehead atoms.